The fourth-order valence-electron chi connectivity index (χ4n) is 1.19. The van der Waals surface area contributed by atoms with Crippen LogP contribution in [0, 0.1) is 5.92 Å². The molecular weight excluding hydrogens is 124 g/mol. The molecule has 2 nitrogen and oxygen atoms in total. The minimum Gasteiger partial charge on any atom is -0.318 e. The number of nitrogens with one attached hydrogen (secondary N) is 2. The molecule has 0 bridgehead atoms. The van der Waals surface area contributed by atoms with Gasteiger partial charge in [0.25, 0.3) is 0 Å². The Morgan fingerprint density at radius 3 is 2.60 bits per heavy atom. The highest BCUT2D eigenvalue weighted by molar-refractivity contribution is 4.82. The topological polar surface area (TPSA) is 24.1 Å². The van der Waals surface area contributed by atoms with Crippen LogP contribution in [0.1, 0.15) is 19.8 Å². The highest BCUT2D eigenvalue weighted by Gasteiger charge is 2.26. The van der Waals surface area contributed by atoms with Gasteiger partial charge in [-0.05, 0) is 32.7 Å². The predicted octanol–water partition coefficient (Wildman–Crippen LogP) is 0.594. The molecule has 0 aliphatic heterocycles. The largest absolute Gasteiger partial charge is 0.318 e. The van der Waals surface area contributed by atoms with Gasteiger partial charge in [-0.1, -0.05) is 0 Å². The predicted molar refractivity (Wildman–Crippen MR) is 44.1 cm³/mol. The molecule has 2 heteroatoms. The molecule has 1 rings (SSSR count). The fraction of sp³-hybridized carbons (Fsp3) is 1.00. The molecule has 1 aliphatic carbocycles. The van der Waals surface area contributed by atoms with Crippen molar-refractivity contribution in [1.29, 1.82) is 0 Å². The summed E-state index contributed by atoms with van der Waals surface area (Å²) >= 11 is 0. The Labute approximate surface area is 63.4 Å². The Morgan fingerprint density at radius 1 is 1.40 bits per heavy atom. The number of hydrogen-bond acceptors (Lipinski definition) is 2. The van der Waals surface area contributed by atoms with Crippen molar-refractivity contribution in [2.24, 2.45) is 5.92 Å². The van der Waals surface area contributed by atoms with Gasteiger partial charge in [-0.15, -0.1) is 0 Å². The molecule has 0 aromatic heterocycles. The van der Waals surface area contributed by atoms with E-state index in [1.165, 1.54) is 12.8 Å². The van der Waals surface area contributed by atoms with Gasteiger partial charge in [0.2, 0.25) is 0 Å². The minimum atomic E-state index is 0.744. The molecule has 10 heavy (non-hydrogen) atoms. The van der Waals surface area contributed by atoms with E-state index in [1.54, 1.807) is 0 Å². The van der Waals surface area contributed by atoms with Crippen molar-refractivity contribution in [3.63, 3.8) is 0 Å². The second-order valence-corrected chi connectivity index (χ2v) is 3.18. The van der Waals surface area contributed by atoms with Crippen LogP contribution in [0.4, 0.5) is 0 Å². The maximum absolute atomic E-state index is 3.48. The van der Waals surface area contributed by atoms with Crippen LogP contribution < -0.4 is 10.6 Å². The summed E-state index contributed by atoms with van der Waals surface area (Å²) in [6, 6.07) is 0.744. The van der Waals surface area contributed by atoms with Crippen molar-refractivity contribution in [2.45, 2.75) is 25.8 Å². The molecule has 1 aliphatic rings. The first-order valence-corrected chi connectivity index (χ1v) is 4.22. The van der Waals surface area contributed by atoms with Gasteiger partial charge in [-0.25, -0.2) is 0 Å². The van der Waals surface area contributed by atoms with Gasteiger partial charge in [0, 0.05) is 19.1 Å². The lowest BCUT2D eigenvalue weighted by atomic mass is 10.2. The van der Waals surface area contributed by atoms with Crippen molar-refractivity contribution in [3.05, 3.63) is 0 Å². The van der Waals surface area contributed by atoms with Crippen molar-refractivity contribution in [1.82, 2.24) is 10.6 Å². The Bertz CT molecular complexity index is 89.3. The van der Waals surface area contributed by atoms with E-state index in [4.69, 9.17) is 0 Å². The van der Waals surface area contributed by atoms with Crippen molar-refractivity contribution < 1.29 is 0 Å². The molecular formula is C8H18N2. The van der Waals surface area contributed by atoms with Crippen molar-refractivity contribution in [3.8, 4) is 0 Å². The van der Waals surface area contributed by atoms with Crippen LogP contribution >= 0.6 is 0 Å². The molecule has 0 aromatic carbocycles. The number of hydrogen-bond donors (Lipinski definition) is 2. The van der Waals surface area contributed by atoms with Gasteiger partial charge in [-0.3, -0.25) is 0 Å². The summed E-state index contributed by atoms with van der Waals surface area (Å²) in [5.74, 6) is 0.983. The Kier molecular flexibility index (Phi) is 3.16. The highest BCUT2D eigenvalue weighted by atomic mass is 15.0. The van der Waals surface area contributed by atoms with Gasteiger partial charge in [0.1, 0.15) is 0 Å². The SMILES string of the molecule is CNCCNC(C)C1CC1. The minimum absolute atomic E-state index is 0.744. The Hall–Kier alpha value is -0.0800. The fourth-order valence-corrected chi connectivity index (χ4v) is 1.19. The molecule has 2 N–H and O–H groups in total. The van der Waals surface area contributed by atoms with Crippen molar-refractivity contribution >= 4 is 0 Å². The van der Waals surface area contributed by atoms with E-state index < -0.39 is 0 Å². The molecule has 1 atom stereocenters. The molecule has 0 heterocycles. The van der Waals surface area contributed by atoms with Crippen LogP contribution in [0.25, 0.3) is 0 Å². The van der Waals surface area contributed by atoms with E-state index in [1.807, 2.05) is 7.05 Å². The summed E-state index contributed by atoms with van der Waals surface area (Å²) < 4.78 is 0. The van der Waals surface area contributed by atoms with Crippen LogP contribution in [0.2, 0.25) is 0 Å². The van der Waals surface area contributed by atoms with Crippen molar-refractivity contribution in [2.75, 3.05) is 20.1 Å². The molecule has 0 aromatic rings. The second kappa shape index (κ2) is 3.94. The molecule has 1 unspecified atom stereocenters. The van der Waals surface area contributed by atoms with Crippen LogP contribution in [0.5, 0.6) is 0 Å². The first kappa shape index (κ1) is 8.02. The van der Waals surface area contributed by atoms with E-state index in [9.17, 15) is 0 Å². The average molecular weight is 142 g/mol. The van der Waals surface area contributed by atoms with Crippen LogP contribution in [0.15, 0.2) is 0 Å². The molecule has 0 spiro atoms. The van der Waals surface area contributed by atoms with Crippen LogP contribution in [-0.4, -0.2) is 26.2 Å². The maximum atomic E-state index is 3.48. The molecule has 0 saturated heterocycles. The van der Waals surface area contributed by atoms with E-state index in [0.717, 1.165) is 25.0 Å². The zero-order chi connectivity index (χ0) is 7.40. The van der Waals surface area contributed by atoms with E-state index in [2.05, 4.69) is 17.6 Å². The molecule has 0 amide bonds. The van der Waals surface area contributed by atoms with Gasteiger partial charge >= 0.3 is 0 Å². The summed E-state index contributed by atoms with van der Waals surface area (Å²) in [5, 5.41) is 6.60. The third kappa shape index (κ3) is 2.67. The molecule has 0 radical (unpaired) electrons. The normalized spacial score (nSPS) is 21.0. The summed E-state index contributed by atoms with van der Waals surface area (Å²) in [5.41, 5.74) is 0. The van der Waals surface area contributed by atoms with E-state index >= 15 is 0 Å². The van der Waals surface area contributed by atoms with Gasteiger partial charge in [0.05, 0.1) is 0 Å². The molecule has 1 saturated carbocycles. The molecule has 1 fully saturated rings. The van der Waals surface area contributed by atoms with Gasteiger partial charge < -0.3 is 10.6 Å². The Balaban J connectivity index is 1.90. The lowest BCUT2D eigenvalue weighted by Crippen LogP contribution is -2.33. The lowest BCUT2D eigenvalue weighted by molar-refractivity contribution is 0.494. The zero-order valence-corrected chi connectivity index (χ0v) is 6.98. The highest BCUT2D eigenvalue weighted by Crippen LogP contribution is 2.32. The van der Waals surface area contributed by atoms with Crippen LogP contribution in [-0.2, 0) is 0 Å². The first-order valence-electron chi connectivity index (χ1n) is 4.22. The number of rotatable bonds is 5. The standard InChI is InChI=1S/C8H18N2/c1-7(8-3-4-8)10-6-5-9-2/h7-10H,3-6H2,1-2H3. The van der Waals surface area contributed by atoms with E-state index in [-0.39, 0.29) is 0 Å². The van der Waals surface area contributed by atoms with E-state index in [0.29, 0.717) is 0 Å². The first-order chi connectivity index (χ1) is 4.84. The monoisotopic (exact) mass is 142 g/mol. The molecule has 60 valence electrons. The quantitative estimate of drug-likeness (QED) is 0.549. The second-order valence-electron chi connectivity index (χ2n) is 3.18. The lowest BCUT2D eigenvalue weighted by Gasteiger charge is -2.11. The van der Waals surface area contributed by atoms with Gasteiger partial charge in [-0.2, -0.15) is 0 Å². The maximum Gasteiger partial charge on any atom is 0.00792 e. The average Bonchev–Trinajstić information content (AvgIpc) is 2.69. The summed E-state index contributed by atoms with van der Waals surface area (Å²) in [6.45, 7) is 4.47. The smallest absolute Gasteiger partial charge is 0.00792 e. The third-order valence-corrected chi connectivity index (χ3v) is 2.17. The zero-order valence-electron chi connectivity index (χ0n) is 6.98. The summed E-state index contributed by atoms with van der Waals surface area (Å²) in [7, 11) is 1.99. The summed E-state index contributed by atoms with van der Waals surface area (Å²) in [6.07, 6.45) is 2.88. The summed E-state index contributed by atoms with van der Waals surface area (Å²) in [4.78, 5) is 0. The number of likely N-dealkylation sites (N-methyl/N-ethyl adjacent to an activating group) is 1. The Morgan fingerprint density at radius 2 is 2.10 bits per heavy atom. The third-order valence-electron chi connectivity index (χ3n) is 2.17. The van der Waals surface area contributed by atoms with Gasteiger partial charge in [0.15, 0.2) is 0 Å². The van der Waals surface area contributed by atoms with Crippen LogP contribution in [0.3, 0.4) is 0 Å².